The third-order valence-corrected chi connectivity index (χ3v) is 2.70. The predicted molar refractivity (Wildman–Crippen MR) is 94.5 cm³/mol. The van der Waals surface area contributed by atoms with Crippen molar-refractivity contribution in [3.8, 4) is 0 Å². The molecule has 19 heavy (non-hydrogen) atoms. The van der Waals surface area contributed by atoms with Crippen LogP contribution < -0.4 is 16.0 Å². The summed E-state index contributed by atoms with van der Waals surface area (Å²) in [6.07, 6.45) is 0. The summed E-state index contributed by atoms with van der Waals surface area (Å²) in [4.78, 5) is 6.43. The highest BCUT2D eigenvalue weighted by Crippen LogP contribution is 2.17. The lowest BCUT2D eigenvalue weighted by Gasteiger charge is -2.14. The Bertz CT molecular complexity index is 427. The van der Waals surface area contributed by atoms with Gasteiger partial charge in [0, 0.05) is 25.8 Å². The Balaban J connectivity index is 0.00000324. The minimum Gasteiger partial charge on any atom is -0.378 e. The standard InChI is InChI=1S/C14H24N4.HI/c1-10(2)17-14(15)16-9-12-6-7-13(18(4)5)8-11(12)3;/h6-8,10H,9H2,1-5H3,(H3,15,16,17);1H. The molecule has 0 radical (unpaired) electrons. The molecule has 0 amide bonds. The molecule has 3 N–H and O–H groups in total. The van der Waals surface area contributed by atoms with Crippen LogP contribution in [0.4, 0.5) is 5.69 Å². The van der Waals surface area contributed by atoms with E-state index in [-0.39, 0.29) is 24.0 Å². The van der Waals surface area contributed by atoms with Crippen molar-refractivity contribution in [1.82, 2.24) is 5.32 Å². The number of nitrogens with zero attached hydrogens (tertiary/aromatic N) is 2. The first kappa shape index (κ1) is 18.0. The first-order chi connectivity index (χ1) is 8.40. The summed E-state index contributed by atoms with van der Waals surface area (Å²) in [5.74, 6) is 0.501. The number of halogens is 1. The Kier molecular flexibility index (Phi) is 7.82. The largest absolute Gasteiger partial charge is 0.378 e. The number of benzene rings is 1. The van der Waals surface area contributed by atoms with Gasteiger partial charge in [-0.15, -0.1) is 24.0 Å². The summed E-state index contributed by atoms with van der Waals surface area (Å²) in [5, 5.41) is 3.08. The Morgan fingerprint density at radius 3 is 2.47 bits per heavy atom. The van der Waals surface area contributed by atoms with E-state index >= 15 is 0 Å². The van der Waals surface area contributed by atoms with Crippen LogP contribution in [0, 0.1) is 6.92 Å². The smallest absolute Gasteiger partial charge is 0.189 e. The van der Waals surface area contributed by atoms with Gasteiger partial charge in [-0.2, -0.15) is 0 Å². The molecule has 1 aromatic rings. The zero-order valence-corrected chi connectivity index (χ0v) is 14.7. The summed E-state index contributed by atoms with van der Waals surface area (Å²) < 4.78 is 0. The summed E-state index contributed by atoms with van der Waals surface area (Å²) in [5.41, 5.74) is 9.42. The van der Waals surface area contributed by atoms with E-state index in [1.54, 1.807) is 0 Å². The zero-order valence-electron chi connectivity index (χ0n) is 12.4. The number of nitrogens with one attached hydrogen (secondary N) is 1. The number of aryl methyl sites for hydroxylation is 1. The highest BCUT2D eigenvalue weighted by atomic mass is 127. The van der Waals surface area contributed by atoms with Crippen LogP contribution in [0.1, 0.15) is 25.0 Å². The van der Waals surface area contributed by atoms with E-state index in [0.29, 0.717) is 18.5 Å². The van der Waals surface area contributed by atoms with E-state index in [0.717, 1.165) is 0 Å². The second kappa shape index (κ2) is 8.24. The maximum atomic E-state index is 5.78. The molecule has 0 heterocycles. The van der Waals surface area contributed by atoms with E-state index in [4.69, 9.17) is 5.73 Å². The topological polar surface area (TPSA) is 53.6 Å². The fraction of sp³-hybridized carbons (Fsp3) is 0.500. The highest BCUT2D eigenvalue weighted by Gasteiger charge is 2.02. The van der Waals surface area contributed by atoms with Crippen molar-refractivity contribution in [2.75, 3.05) is 19.0 Å². The molecule has 0 aliphatic carbocycles. The third kappa shape index (κ3) is 6.13. The molecule has 0 saturated carbocycles. The fourth-order valence-electron chi connectivity index (χ4n) is 1.65. The molecule has 0 aliphatic heterocycles. The van der Waals surface area contributed by atoms with Crippen molar-refractivity contribution in [1.29, 1.82) is 0 Å². The van der Waals surface area contributed by atoms with Crippen LogP contribution in [0.3, 0.4) is 0 Å². The number of anilines is 1. The van der Waals surface area contributed by atoms with Gasteiger partial charge in [-0.05, 0) is 44.0 Å². The molecule has 0 saturated heterocycles. The van der Waals surface area contributed by atoms with Gasteiger partial charge < -0.3 is 16.0 Å². The van der Waals surface area contributed by atoms with Gasteiger partial charge >= 0.3 is 0 Å². The lowest BCUT2D eigenvalue weighted by molar-refractivity contribution is 0.723. The quantitative estimate of drug-likeness (QED) is 0.482. The molecule has 0 aromatic heterocycles. The van der Waals surface area contributed by atoms with E-state index in [9.17, 15) is 0 Å². The summed E-state index contributed by atoms with van der Waals surface area (Å²) in [7, 11) is 4.08. The molecule has 5 heteroatoms. The lowest BCUT2D eigenvalue weighted by Crippen LogP contribution is -2.36. The molecule has 1 rings (SSSR count). The average Bonchev–Trinajstić information content (AvgIpc) is 2.26. The van der Waals surface area contributed by atoms with Gasteiger partial charge in [-0.3, -0.25) is 0 Å². The summed E-state index contributed by atoms with van der Waals surface area (Å²) in [6.45, 7) is 6.80. The molecule has 0 unspecified atom stereocenters. The maximum absolute atomic E-state index is 5.78. The lowest BCUT2D eigenvalue weighted by atomic mass is 10.1. The second-order valence-corrected chi connectivity index (χ2v) is 5.01. The Hall–Kier alpha value is -0.980. The van der Waals surface area contributed by atoms with E-state index < -0.39 is 0 Å². The first-order valence-electron chi connectivity index (χ1n) is 6.23. The van der Waals surface area contributed by atoms with Gasteiger partial charge in [-0.1, -0.05) is 6.07 Å². The van der Waals surface area contributed by atoms with Gasteiger partial charge in [0.1, 0.15) is 0 Å². The molecular formula is C14H25IN4. The Morgan fingerprint density at radius 2 is 2.00 bits per heavy atom. The van der Waals surface area contributed by atoms with Crippen LogP contribution in [0.15, 0.2) is 23.2 Å². The van der Waals surface area contributed by atoms with Crippen LogP contribution in [0.25, 0.3) is 0 Å². The van der Waals surface area contributed by atoms with Gasteiger partial charge in [0.05, 0.1) is 6.54 Å². The zero-order chi connectivity index (χ0) is 13.7. The van der Waals surface area contributed by atoms with Crippen molar-refractivity contribution < 1.29 is 0 Å². The number of guanidine groups is 1. The predicted octanol–water partition coefficient (Wildman–Crippen LogP) is 2.49. The summed E-state index contributed by atoms with van der Waals surface area (Å²) in [6, 6.07) is 6.68. The highest BCUT2D eigenvalue weighted by molar-refractivity contribution is 14.0. The molecule has 0 spiro atoms. The molecule has 108 valence electrons. The van der Waals surface area contributed by atoms with E-state index in [2.05, 4.69) is 40.3 Å². The third-order valence-electron chi connectivity index (χ3n) is 2.70. The number of aliphatic imine (C=N–C) groups is 1. The summed E-state index contributed by atoms with van der Waals surface area (Å²) >= 11 is 0. The van der Waals surface area contributed by atoms with Crippen molar-refractivity contribution in [3.63, 3.8) is 0 Å². The minimum atomic E-state index is 0. The van der Waals surface area contributed by atoms with Gasteiger partial charge in [0.25, 0.3) is 0 Å². The number of nitrogens with two attached hydrogens (primary N) is 1. The van der Waals surface area contributed by atoms with Crippen LogP contribution in [-0.2, 0) is 6.54 Å². The SMILES string of the molecule is Cc1cc(N(C)C)ccc1CN=C(N)NC(C)C.I. The van der Waals surface area contributed by atoms with Crippen LogP contribution in [0.2, 0.25) is 0 Å². The van der Waals surface area contributed by atoms with Crippen molar-refractivity contribution >= 4 is 35.6 Å². The Labute approximate surface area is 133 Å². The molecule has 0 fully saturated rings. The number of hydrogen-bond donors (Lipinski definition) is 2. The van der Waals surface area contributed by atoms with E-state index in [1.165, 1.54) is 16.8 Å². The molecule has 1 aromatic carbocycles. The number of hydrogen-bond acceptors (Lipinski definition) is 2. The minimum absolute atomic E-state index is 0. The molecule has 0 aliphatic rings. The van der Waals surface area contributed by atoms with E-state index in [1.807, 2.05) is 27.9 Å². The van der Waals surface area contributed by atoms with Gasteiger partial charge in [0.15, 0.2) is 5.96 Å². The monoisotopic (exact) mass is 376 g/mol. The molecule has 4 nitrogen and oxygen atoms in total. The van der Waals surface area contributed by atoms with Crippen LogP contribution in [-0.4, -0.2) is 26.1 Å². The van der Waals surface area contributed by atoms with Gasteiger partial charge in [0.2, 0.25) is 0 Å². The fourth-order valence-corrected chi connectivity index (χ4v) is 1.65. The maximum Gasteiger partial charge on any atom is 0.189 e. The van der Waals surface area contributed by atoms with Crippen LogP contribution >= 0.6 is 24.0 Å². The molecule has 0 atom stereocenters. The van der Waals surface area contributed by atoms with Gasteiger partial charge in [-0.25, -0.2) is 4.99 Å². The normalized spacial score (nSPS) is 11.2. The first-order valence-corrected chi connectivity index (χ1v) is 6.23. The van der Waals surface area contributed by atoms with Crippen molar-refractivity contribution in [2.45, 2.75) is 33.4 Å². The number of rotatable bonds is 4. The molecular weight excluding hydrogens is 351 g/mol. The van der Waals surface area contributed by atoms with Crippen molar-refractivity contribution in [2.24, 2.45) is 10.7 Å². The van der Waals surface area contributed by atoms with Crippen molar-refractivity contribution in [3.05, 3.63) is 29.3 Å². The Morgan fingerprint density at radius 1 is 1.37 bits per heavy atom. The van der Waals surface area contributed by atoms with Crippen LogP contribution in [0.5, 0.6) is 0 Å². The average molecular weight is 376 g/mol. The second-order valence-electron chi connectivity index (χ2n) is 5.01. The molecule has 0 bridgehead atoms.